The molecule has 3 nitrogen and oxygen atoms in total. The number of alkyl halides is 3. The fraction of sp³-hybridized carbons (Fsp3) is 0.458. The summed E-state index contributed by atoms with van der Waals surface area (Å²) < 4.78 is 55.4. The minimum atomic E-state index is -4.61. The minimum absolute atomic E-state index is 0.0242. The number of rotatable bonds is 4. The standard InChI is InChI=1S/C24H28ClF4N3S/c1-22(2)12-17(13-23(3,4)31-22)32(14-15-7-5-6-8-19(15)26)21(33)30-20-10-9-16(25)11-18(20)24(27,28)29/h5-11,17,31H,12-14H2,1-4H3,(H,30,33). The molecule has 0 atom stereocenters. The third-order valence-electron chi connectivity index (χ3n) is 5.70. The van der Waals surface area contributed by atoms with E-state index in [9.17, 15) is 17.6 Å². The number of anilines is 1. The monoisotopic (exact) mass is 501 g/mol. The lowest BCUT2D eigenvalue weighted by atomic mass is 9.79. The second-order valence-electron chi connectivity index (χ2n) is 9.79. The highest BCUT2D eigenvalue weighted by molar-refractivity contribution is 7.80. The number of nitrogens with zero attached hydrogens (tertiary/aromatic N) is 1. The predicted molar refractivity (Wildman–Crippen MR) is 129 cm³/mol. The number of hydrogen-bond donors (Lipinski definition) is 2. The molecule has 0 unspecified atom stereocenters. The van der Waals surface area contributed by atoms with Crippen LogP contribution < -0.4 is 10.6 Å². The van der Waals surface area contributed by atoms with Crippen LogP contribution in [0.2, 0.25) is 5.02 Å². The van der Waals surface area contributed by atoms with E-state index in [4.69, 9.17) is 23.8 Å². The summed E-state index contributed by atoms with van der Waals surface area (Å²) in [6.07, 6.45) is -3.25. The van der Waals surface area contributed by atoms with Gasteiger partial charge in [0.25, 0.3) is 0 Å². The fourth-order valence-electron chi connectivity index (χ4n) is 4.71. The van der Waals surface area contributed by atoms with E-state index in [1.807, 2.05) is 0 Å². The molecule has 1 aliphatic rings. The van der Waals surface area contributed by atoms with Crippen molar-refractivity contribution >= 4 is 34.6 Å². The Morgan fingerprint density at radius 3 is 2.30 bits per heavy atom. The number of halogens is 5. The Labute approximate surface area is 202 Å². The lowest BCUT2D eigenvalue weighted by Crippen LogP contribution is -2.63. The Balaban J connectivity index is 1.98. The van der Waals surface area contributed by atoms with E-state index in [0.29, 0.717) is 18.4 Å². The van der Waals surface area contributed by atoms with Crippen molar-refractivity contribution in [3.05, 3.63) is 64.4 Å². The lowest BCUT2D eigenvalue weighted by molar-refractivity contribution is -0.136. The first-order chi connectivity index (χ1) is 15.2. The third-order valence-corrected chi connectivity index (χ3v) is 6.27. The van der Waals surface area contributed by atoms with Crippen molar-refractivity contribution < 1.29 is 17.6 Å². The Hall–Kier alpha value is -1.90. The van der Waals surface area contributed by atoms with Gasteiger partial charge in [0, 0.05) is 34.3 Å². The quantitative estimate of drug-likeness (QED) is 0.348. The molecule has 180 valence electrons. The van der Waals surface area contributed by atoms with E-state index in [0.717, 1.165) is 6.07 Å². The zero-order chi connectivity index (χ0) is 24.6. The van der Waals surface area contributed by atoms with Crippen LogP contribution in [0.1, 0.15) is 51.7 Å². The van der Waals surface area contributed by atoms with Gasteiger partial charge in [-0.05, 0) is 77.0 Å². The van der Waals surface area contributed by atoms with Crippen molar-refractivity contribution in [2.75, 3.05) is 5.32 Å². The number of nitrogens with one attached hydrogen (secondary N) is 2. The second-order valence-corrected chi connectivity index (χ2v) is 10.6. The average molecular weight is 502 g/mol. The lowest BCUT2D eigenvalue weighted by Gasteiger charge is -2.50. The first-order valence-electron chi connectivity index (χ1n) is 10.6. The largest absolute Gasteiger partial charge is 0.418 e. The van der Waals surface area contributed by atoms with Gasteiger partial charge in [-0.3, -0.25) is 0 Å². The Morgan fingerprint density at radius 2 is 1.73 bits per heavy atom. The summed E-state index contributed by atoms with van der Waals surface area (Å²) in [6.45, 7) is 8.41. The van der Waals surface area contributed by atoms with Gasteiger partial charge in [-0.15, -0.1) is 0 Å². The first-order valence-corrected chi connectivity index (χ1v) is 11.4. The van der Waals surface area contributed by atoms with Crippen LogP contribution in [0.5, 0.6) is 0 Å². The van der Waals surface area contributed by atoms with Crippen molar-refractivity contribution in [1.29, 1.82) is 0 Å². The molecular weight excluding hydrogens is 474 g/mol. The van der Waals surface area contributed by atoms with Gasteiger partial charge in [0.15, 0.2) is 5.11 Å². The summed E-state index contributed by atoms with van der Waals surface area (Å²) >= 11 is 11.4. The molecule has 0 aromatic heterocycles. The highest BCUT2D eigenvalue weighted by Gasteiger charge is 2.41. The highest BCUT2D eigenvalue weighted by Crippen LogP contribution is 2.37. The maximum atomic E-state index is 14.5. The zero-order valence-electron chi connectivity index (χ0n) is 19.0. The molecule has 3 rings (SSSR count). The smallest absolute Gasteiger partial charge is 0.341 e. The summed E-state index contributed by atoms with van der Waals surface area (Å²) in [4.78, 5) is 1.80. The maximum absolute atomic E-state index is 14.5. The Bertz CT molecular complexity index is 1010. The van der Waals surface area contributed by atoms with Gasteiger partial charge in [-0.25, -0.2) is 4.39 Å². The van der Waals surface area contributed by atoms with Gasteiger partial charge in [-0.1, -0.05) is 29.8 Å². The van der Waals surface area contributed by atoms with E-state index in [1.54, 1.807) is 23.1 Å². The average Bonchev–Trinajstić information content (AvgIpc) is 2.65. The molecule has 1 heterocycles. The zero-order valence-corrected chi connectivity index (χ0v) is 20.6. The molecule has 0 saturated carbocycles. The summed E-state index contributed by atoms with van der Waals surface area (Å²) in [5.74, 6) is -0.389. The van der Waals surface area contributed by atoms with Crippen LogP contribution in [0.3, 0.4) is 0 Å². The van der Waals surface area contributed by atoms with Crippen molar-refractivity contribution in [2.24, 2.45) is 0 Å². The molecule has 9 heteroatoms. The number of benzene rings is 2. The van der Waals surface area contributed by atoms with Gasteiger partial charge < -0.3 is 15.5 Å². The molecule has 0 radical (unpaired) electrons. The van der Waals surface area contributed by atoms with Crippen LogP contribution in [-0.4, -0.2) is 27.1 Å². The maximum Gasteiger partial charge on any atom is 0.418 e. The number of thiocarbonyl (C=S) groups is 1. The van der Waals surface area contributed by atoms with E-state index >= 15 is 0 Å². The van der Waals surface area contributed by atoms with Gasteiger partial charge >= 0.3 is 6.18 Å². The van der Waals surface area contributed by atoms with Crippen molar-refractivity contribution in [3.8, 4) is 0 Å². The van der Waals surface area contributed by atoms with Crippen LogP contribution in [0, 0.1) is 5.82 Å². The van der Waals surface area contributed by atoms with Gasteiger partial charge in [0.05, 0.1) is 11.3 Å². The molecule has 1 aliphatic heterocycles. The van der Waals surface area contributed by atoms with E-state index in [-0.39, 0.29) is 45.3 Å². The summed E-state index contributed by atoms with van der Waals surface area (Å²) in [5.41, 5.74) is -1.17. The number of piperidine rings is 1. The molecule has 2 aromatic carbocycles. The normalized spacial score (nSPS) is 18.1. The Morgan fingerprint density at radius 1 is 1.12 bits per heavy atom. The molecule has 2 aromatic rings. The van der Waals surface area contributed by atoms with Gasteiger partial charge in [-0.2, -0.15) is 13.2 Å². The van der Waals surface area contributed by atoms with Crippen LogP contribution in [0.25, 0.3) is 0 Å². The SMILES string of the molecule is CC1(C)CC(N(Cc2ccccc2F)C(=S)Nc2ccc(Cl)cc2C(F)(F)F)CC(C)(C)N1. The molecule has 0 amide bonds. The summed E-state index contributed by atoms with van der Waals surface area (Å²) in [7, 11) is 0. The van der Waals surface area contributed by atoms with E-state index < -0.39 is 11.7 Å². The van der Waals surface area contributed by atoms with Crippen molar-refractivity contribution in [3.63, 3.8) is 0 Å². The first kappa shape index (κ1) is 25.7. The van der Waals surface area contributed by atoms with Crippen LogP contribution in [0.4, 0.5) is 23.2 Å². The number of hydrogen-bond acceptors (Lipinski definition) is 2. The fourth-order valence-corrected chi connectivity index (χ4v) is 5.21. The molecule has 0 aliphatic carbocycles. The molecule has 2 N–H and O–H groups in total. The van der Waals surface area contributed by atoms with Crippen LogP contribution in [0.15, 0.2) is 42.5 Å². The third kappa shape index (κ3) is 6.58. The van der Waals surface area contributed by atoms with Crippen LogP contribution >= 0.6 is 23.8 Å². The predicted octanol–water partition coefficient (Wildman–Crippen LogP) is 7.01. The molecule has 0 spiro atoms. The van der Waals surface area contributed by atoms with E-state index in [2.05, 4.69) is 38.3 Å². The Kier molecular flexibility index (Phi) is 7.32. The van der Waals surface area contributed by atoms with Crippen molar-refractivity contribution in [2.45, 2.75) is 70.4 Å². The molecule has 0 bridgehead atoms. The van der Waals surface area contributed by atoms with Gasteiger partial charge in [0.2, 0.25) is 0 Å². The molecule has 33 heavy (non-hydrogen) atoms. The minimum Gasteiger partial charge on any atom is -0.341 e. The van der Waals surface area contributed by atoms with Crippen LogP contribution in [-0.2, 0) is 12.7 Å². The molecule has 1 saturated heterocycles. The summed E-state index contributed by atoms with van der Waals surface area (Å²) in [6, 6.07) is 9.72. The summed E-state index contributed by atoms with van der Waals surface area (Å²) in [5, 5.41) is 6.44. The van der Waals surface area contributed by atoms with Crippen molar-refractivity contribution in [1.82, 2.24) is 10.2 Å². The molecule has 1 fully saturated rings. The van der Waals surface area contributed by atoms with Gasteiger partial charge in [0.1, 0.15) is 5.82 Å². The van der Waals surface area contributed by atoms with E-state index in [1.165, 1.54) is 18.2 Å². The highest BCUT2D eigenvalue weighted by atomic mass is 35.5. The topological polar surface area (TPSA) is 27.3 Å². The molecular formula is C24H28ClF4N3S. The second kappa shape index (κ2) is 9.39.